The van der Waals surface area contributed by atoms with Crippen molar-refractivity contribution in [1.82, 2.24) is 6.15 Å². The highest BCUT2D eigenvalue weighted by Gasteiger charge is 1.92. The summed E-state index contributed by atoms with van der Waals surface area (Å²) in [4.78, 5) is 10.1. The Labute approximate surface area is 119 Å². The van der Waals surface area contributed by atoms with Gasteiger partial charge in [-0.05, 0) is 18.9 Å². The van der Waals surface area contributed by atoms with Gasteiger partial charge in [-0.1, -0.05) is 77.2 Å². The molecule has 0 aliphatic rings. The molecule has 19 heavy (non-hydrogen) atoms. The smallest absolute Gasteiger partial charge is 0.0639 e. The fourth-order valence-corrected chi connectivity index (χ4v) is 2.11. The van der Waals surface area contributed by atoms with Gasteiger partial charge in [0, 0.05) is 0 Å². The average molecular weight is 271 g/mol. The second kappa shape index (κ2) is 17.2. The molecule has 0 saturated carbocycles. The fraction of sp³-hybridized carbons (Fsp3) is 0.812. The number of hydrogen-bond acceptors (Lipinski definition) is 2. The normalized spacial score (nSPS) is 10.6. The van der Waals surface area contributed by atoms with Gasteiger partial charge in [0.15, 0.2) is 0 Å². The summed E-state index contributed by atoms with van der Waals surface area (Å²) in [5, 5.41) is 10.1. The van der Waals surface area contributed by atoms with Crippen molar-refractivity contribution in [3.05, 3.63) is 12.2 Å². The molecule has 0 saturated heterocycles. The molecule has 4 N–H and O–H groups in total. The van der Waals surface area contributed by atoms with E-state index in [1.807, 2.05) is 0 Å². The Morgan fingerprint density at radius 3 is 1.68 bits per heavy atom. The lowest BCUT2D eigenvalue weighted by molar-refractivity contribution is -0.297. The molecular weight excluding hydrogens is 238 g/mol. The Balaban J connectivity index is 0. The van der Waals surface area contributed by atoms with Crippen LogP contribution in [0.15, 0.2) is 12.2 Å². The number of allylic oxidation sites excluding steroid dienone is 1. The van der Waals surface area contributed by atoms with Crippen molar-refractivity contribution in [2.75, 3.05) is 0 Å². The number of unbranched alkanes of at least 4 members (excludes halogenated alkanes) is 11. The minimum absolute atomic E-state index is 0. The third-order valence-electron chi connectivity index (χ3n) is 3.23. The van der Waals surface area contributed by atoms with Crippen LogP contribution in [0.25, 0.3) is 0 Å². The van der Waals surface area contributed by atoms with E-state index in [4.69, 9.17) is 0 Å². The monoisotopic (exact) mass is 271 g/mol. The minimum atomic E-state index is -1.09. The Morgan fingerprint density at radius 1 is 0.842 bits per heavy atom. The first-order valence-corrected chi connectivity index (χ1v) is 7.65. The SMILES string of the molecule is CCCCCCCCCCCCCC=CC(=O)[O-].[NH4+]. The quantitative estimate of drug-likeness (QED) is 0.399. The van der Waals surface area contributed by atoms with Gasteiger partial charge in [0.05, 0.1) is 5.97 Å². The van der Waals surface area contributed by atoms with Gasteiger partial charge in [0.2, 0.25) is 0 Å². The van der Waals surface area contributed by atoms with E-state index in [9.17, 15) is 9.90 Å². The Morgan fingerprint density at radius 2 is 1.26 bits per heavy atom. The molecule has 0 bridgehead atoms. The highest BCUT2D eigenvalue weighted by atomic mass is 16.4. The van der Waals surface area contributed by atoms with Crippen LogP contribution in [-0.4, -0.2) is 5.97 Å². The van der Waals surface area contributed by atoms with Gasteiger partial charge in [-0.3, -0.25) is 0 Å². The van der Waals surface area contributed by atoms with E-state index in [1.54, 1.807) is 6.08 Å². The van der Waals surface area contributed by atoms with Gasteiger partial charge in [-0.25, -0.2) is 0 Å². The van der Waals surface area contributed by atoms with Gasteiger partial charge < -0.3 is 16.1 Å². The van der Waals surface area contributed by atoms with Crippen molar-refractivity contribution >= 4 is 5.97 Å². The molecule has 0 radical (unpaired) electrons. The molecule has 0 spiro atoms. The first kappa shape index (κ1) is 20.5. The predicted octanol–water partition coefficient (Wildman–Crippen LogP) is 4.37. The van der Waals surface area contributed by atoms with Crippen LogP contribution in [-0.2, 0) is 4.79 Å². The van der Waals surface area contributed by atoms with E-state index in [1.165, 1.54) is 64.2 Å². The highest BCUT2D eigenvalue weighted by Crippen LogP contribution is 2.11. The number of carbonyl (C=O) groups excluding carboxylic acids is 1. The third-order valence-corrected chi connectivity index (χ3v) is 3.23. The summed E-state index contributed by atoms with van der Waals surface area (Å²) in [5.74, 6) is -1.09. The van der Waals surface area contributed by atoms with Gasteiger partial charge in [0.1, 0.15) is 0 Å². The van der Waals surface area contributed by atoms with Gasteiger partial charge >= 0.3 is 0 Å². The van der Waals surface area contributed by atoms with Crippen molar-refractivity contribution in [1.29, 1.82) is 0 Å². The van der Waals surface area contributed by atoms with Crippen LogP contribution < -0.4 is 11.3 Å². The molecule has 0 aromatic rings. The summed E-state index contributed by atoms with van der Waals surface area (Å²) in [7, 11) is 0. The summed E-state index contributed by atoms with van der Waals surface area (Å²) < 4.78 is 0. The maximum absolute atomic E-state index is 10.1. The molecule has 0 aliphatic heterocycles. The van der Waals surface area contributed by atoms with Gasteiger partial charge in [0.25, 0.3) is 0 Å². The lowest BCUT2D eigenvalue weighted by Gasteiger charge is -2.01. The maximum atomic E-state index is 10.1. The second-order valence-corrected chi connectivity index (χ2v) is 5.05. The summed E-state index contributed by atoms with van der Waals surface area (Å²) in [6, 6.07) is 0. The number of rotatable bonds is 13. The third kappa shape index (κ3) is 19.7. The summed E-state index contributed by atoms with van der Waals surface area (Å²) >= 11 is 0. The van der Waals surface area contributed by atoms with Crippen molar-refractivity contribution in [2.45, 2.75) is 84.0 Å². The topological polar surface area (TPSA) is 76.6 Å². The lowest BCUT2D eigenvalue weighted by atomic mass is 10.1. The van der Waals surface area contributed by atoms with E-state index in [0.29, 0.717) is 0 Å². The standard InChI is InChI=1S/C16H30O2.H3N/c1-2-3-4-5-6-7-8-9-10-11-12-13-14-15-16(17)18;/h14-15H,2-13H2,1H3,(H,17,18);1H3. The van der Waals surface area contributed by atoms with Crippen LogP contribution in [0.4, 0.5) is 0 Å². The summed E-state index contributed by atoms with van der Waals surface area (Å²) in [6.45, 7) is 2.25. The van der Waals surface area contributed by atoms with E-state index >= 15 is 0 Å². The molecule has 0 fully saturated rings. The maximum Gasteiger partial charge on any atom is 0.0639 e. The van der Waals surface area contributed by atoms with Gasteiger partial charge in [-0.2, -0.15) is 0 Å². The zero-order valence-electron chi connectivity index (χ0n) is 13.0. The van der Waals surface area contributed by atoms with E-state index in [2.05, 4.69) is 6.92 Å². The molecule has 0 amide bonds. The molecule has 3 nitrogen and oxygen atoms in total. The zero-order chi connectivity index (χ0) is 13.5. The summed E-state index contributed by atoms with van der Waals surface area (Å²) in [6.07, 6.45) is 18.3. The lowest BCUT2D eigenvalue weighted by Crippen LogP contribution is -2.18. The Bertz CT molecular complexity index is 215. The molecule has 0 aromatic carbocycles. The molecule has 0 aromatic heterocycles. The zero-order valence-corrected chi connectivity index (χ0v) is 13.0. The molecule has 0 heterocycles. The van der Waals surface area contributed by atoms with E-state index in [0.717, 1.165) is 18.9 Å². The van der Waals surface area contributed by atoms with Crippen molar-refractivity contribution in [2.24, 2.45) is 0 Å². The largest absolute Gasteiger partial charge is 0.545 e. The number of carbonyl (C=O) groups is 1. The number of hydrogen-bond donors (Lipinski definition) is 1. The van der Waals surface area contributed by atoms with Crippen molar-refractivity contribution in [3.8, 4) is 0 Å². The van der Waals surface area contributed by atoms with Gasteiger partial charge in [-0.15, -0.1) is 0 Å². The van der Waals surface area contributed by atoms with Crippen molar-refractivity contribution in [3.63, 3.8) is 0 Å². The molecule has 0 rings (SSSR count). The van der Waals surface area contributed by atoms with Crippen LogP contribution in [0.2, 0.25) is 0 Å². The van der Waals surface area contributed by atoms with Crippen LogP contribution in [0.5, 0.6) is 0 Å². The van der Waals surface area contributed by atoms with Crippen LogP contribution >= 0.6 is 0 Å². The first-order chi connectivity index (χ1) is 8.77. The second-order valence-electron chi connectivity index (χ2n) is 5.05. The fourth-order valence-electron chi connectivity index (χ4n) is 2.11. The number of carboxylic acids is 1. The average Bonchev–Trinajstić information content (AvgIpc) is 2.34. The molecule has 3 heteroatoms. The van der Waals surface area contributed by atoms with E-state index < -0.39 is 5.97 Å². The predicted molar refractivity (Wildman–Crippen MR) is 81.2 cm³/mol. The number of carboxylic acid groups (broad SMARTS) is 1. The molecule has 0 atom stereocenters. The Hall–Kier alpha value is -0.830. The molecular formula is C16H33NO2. The number of aliphatic carboxylic acids is 1. The van der Waals surface area contributed by atoms with E-state index in [-0.39, 0.29) is 6.15 Å². The number of quaternary nitrogens is 1. The highest BCUT2D eigenvalue weighted by molar-refractivity contribution is 5.77. The molecule has 114 valence electrons. The molecule has 0 unspecified atom stereocenters. The Kier molecular flexibility index (Phi) is 18.5. The molecule has 0 aliphatic carbocycles. The van der Waals surface area contributed by atoms with Crippen molar-refractivity contribution < 1.29 is 9.90 Å². The minimum Gasteiger partial charge on any atom is -0.545 e. The first-order valence-electron chi connectivity index (χ1n) is 7.65. The van der Waals surface area contributed by atoms with Crippen LogP contribution in [0.1, 0.15) is 84.0 Å². The van der Waals surface area contributed by atoms with Crippen LogP contribution in [0, 0.1) is 0 Å². The summed E-state index contributed by atoms with van der Waals surface area (Å²) in [5.41, 5.74) is 0. The van der Waals surface area contributed by atoms with Crippen LogP contribution in [0.3, 0.4) is 0 Å².